The average Bonchev–Trinajstić information content (AvgIpc) is 3.05. The van der Waals surface area contributed by atoms with Gasteiger partial charge < -0.3 is 25.4 Å². The van der Waals surface area contributed by atoms with Crippen LogP contribution in [0.4, 0.5) is 5.95 Å². The predicted molar refractivity (Wildman–Crippen MR) is 108 cm³/mol. The Bertz CT molecular complexity index is 983. The first-order valence-electron chi connectivity index (χ1n) is 9.54. The number of halogens is 1. The van der Waals surface area contributed by atoms with E-state index < -0.39 is 6.04 Å². The smallest absolute Gasteiger partial charge is 0.273 e. The molecule has 11 heteroatoms. The van der Waals surface area contributed by atoms with Crippen LogP contribution in [0, 0.1) is 0 Å². The molecule has 30 heavy (non-hydrogen) atoms. The number of carbonyl (C=O) groups excluding carboxylic acids is 2. The molecule has 0 unspecified atom stereocenters. The molecule has 2 aliphatic heterocycles. The maximum atomic E-state index is 12.9. The van der Waals surface area contributed by atoms with Crippen molar-refractivity contribution >= 4 is 29.4 Å². The van der Waals surface area contributed by atoms with Gasteiger partial charge in [0, 0.05) is 18.7 Å². The number of aliphatic hydroxyl groups excluding tert-OH is 1. The van der Waals surface area contributed by atoms with E-state index in [9.17, 15) is 9.59 Å². The molecule has 1 fully saturated rings. The van der Waals surface area contributed by atoms with Crippen LogP contribution in [-0.2, 0) is 16.1 Å². The third-order valence-corrected chi connectivity index (χ3v) is 5.28. The number of pyridine rings is 1. The highest BCUT2D eigenvalue weighted by Crippen LogP contribution is 2.29. The van der Waals surface area contributed by atoms with Crippen molar-refractivity contribution in [3.8, 4) is 11.4 Å². The van der Waals surface area contributed by atoms with E-state index in [1.807, 2.05) is 0 Å². The zero-order chi connectivity index (χ0) is 21.3. The van der Waals surface area contributed by atoms with Crippen molar-refractivity contribution in [1.29, 1.82) is 0 Å². The molecule has 0 bridgehead atoms. The number of amides is 2. The Morgan fingerprint density at radius 1 is 1.37 bits per heavy atom. The number of ether oxygens (including phenoxy) is 1. The SMILES string of the molecule is C[C@H](C(=O)NCCO)N1Cc2ccc(-c3nc(NC4COC4)ncc3Cl)nc2C1=O. The fraction of sp³-hybridized carbons (Fsp3) is 0.421. The van der Waals surface area contributed by atoms with Crippen molar-refractivity contribution in [3.05, 3.63) is 34.6 Å². The first-order valence-corrected chi connectivity index (χ1v) is 9.92. The topological polar surface area (TPSA) is 130 Å². The molecule has 4 heterocycles. The van der Waals surface area contributed by atoms with Gasteiger partial charge in [-0.05, 0) is 13.0 Å². The number of hydrogen-bond acceptors (Lipinski definition) is 8. The Morgan fingerprint density at radius 3 is 2.87 bits per heavy atom. The lowest BCUT2D eigenvalue weighted by Crippen LogP contribution is -2.45. The number of fused-ring (bicyclic) bond motifs is 1. The highest BCUT2D eigenvalue weighted by atomic mass is 35.5. The van der Waals surface area contributed by atoms with Crippen molar-refractivity contribution < 1.29 is 19.4 Å². The second-order valence-electron chi connectivity index (χ2n) is 7.10. The fourth-order valence-corrected chi connectivity index (χ4v) is 3.41. The number of aromatic nitrogens is 3. The average molecular weight is 433 g/mol. The van der Waals surface area contributed by atoms with Gasteiger partial charge in [0.15, 0.2) is 0 Å². The van der Waals surface area contributed by atoms with Gasteiger partial charge in [-0.3, -0.25) is 9.59 Å². The lowest BCUT2D eigenvalue weighted by atomic mass is 10.2. The number of anilines is 1. The quantitative estimate of drug-likeness (QED) is 0.575. The van der Waals surface area contributed by atoms with E-state index >= 15 is 0 Å². The summed E-state index contributed by atoms with van der Waals surface area (Å²) in [7, 11) is 0. The van der Waals surface area contributed by atoms with Crippen molar-refractivity contribution in [3.63, 3.8) is 0 Å². The van der Waals surface area contributed by atoms with Crippen LogP contribution in [-0.4, -0.2) is 75.2 Å². The van der Waals surface area contributed by atoms with Gasteiger partial charge in [-0.25, -0.2) is 15.0 Å². The Hall–Kier alpha value is -2.82. The molecule has 0 spiro atoms. The van der Waals surface area contributed by atoms with Crippen LogP contribution < -0.4 is 10.6 Å². The summed E-state index contributed by atoms with van der Waals surface area (Å²) < 4.78 is 5.14. The summed E-state index contributed by atoms with van der Waals surface area (Å²) in [5.74, 6) is -0.263. The number of aliphatic hydroxyl groups is 1. The van der Waals surface area contributed by atoms with Gasteiger partial charge in [0.1, 0.15) is 17.4 Å². The third kappa shape index (κ3) is 3.93. The summed E-state index contributed by atoms with van der Waals surface area (Å²) in [4.78, 5) is 39.6. The van der Waals surface area contributed by atoms with Crippen LogP contribution in [0.25, 0.3) is 11.4 Å². The Morgan fingerprint density at radius 2 is 2.17 bits per heavy atom. The summed E-state index contributed by atoms with van der Waals surface area (Å²) in [6, 6.07) is 3.00. The van der Waals surface area contributed by atoms with Crippen molar-refractivity contribution in [2.24, 2.45) is 0 Å². The molecule has 4 rings (SSSR count). The number of nitrogens with zero attached hydrogens (tertiary/aromatic N) is 4. The molecule has 2 amide bonds. The van der Waals surface area contributed by atoms with Crippen molar-refractivity contribution in [2.75, 3.05) is 31.7 Å². The minimum absolute atomic E-state index is 0.135. The van der Waals surface area contributed by atoms with E-state index in [1.54, 1.807) is 19.1 Å². The van der Waals surface area contributed by atoms with Gasteiger partial charge in [-0.1, -0.05) is 17.7 Å². The molecule has 0 radical (unpaired) electrons. The van der Waals surface area contributed by atoms with Gasteiger partial charge in [0.2, 0.25) is 11.9 Å². The Balaban J connectivity index is 1.56. The Labute approximate surface area is 177 Å². The summed E-state index contributed by atoms with van der Waals surface area (Å²) >= 11 is 6.29. The van der Waals surface area contributed by atoms with Crippen molar-refractivity contribution in [1.82, 2.24) is 25.2 Å². The monoisotopic (exact) mass is 432 g/mol. The van der Waals surface area contributed by atoms with Crippen LogP contribution in [0.15, 0.2) is 18.3 Å². The predicted octanol–water partition coefficient (Wildman–Crippen LogP) is 0.456. The minimum Gasteiger partial charge on any atom is -0.395 e. The minimum atomic E-state index is -0.690. The molecule has 0 aromatic carbocycles. The van der Waals surface area contributed by atoms with E-state index in [0.717, 1.165) is 5.56 Å². The highest BCUT2D eigenvalue weighted by Gasteiger charge is 2.35. The van der Waals surface area contributed by atoms with Gasteiger partial charge in [-0.2, -0.15) is 0 Å². The third-order valence-electron chi connectivity index (χ3n) is 5.00. The second-order valence-corrected chi connectivity index (χ2v) is 7.50. The van der Waals surface area contributed by atoms with Crippen LogP contribution in [0.3, 0.4) is 0 Å². The van der Waals surface area contributed by atoms with Crippen LogP contribution >= 0.6 is 11.6 Å². The van der Waals surface area contributed by atoms with E-state index in [2.05, 4.69) is 25.6 Å². The van der Waals surface area contributed by atoms with E-state index in [-0.39, 0.29) is 43.2 Å². The molecule has 3 N–H and O–H groups in total. The first kappa shape index (κ1) is 20.5. The number of nitrogens with one attached hydrogen (secondary N) is 2. The molecular weight excluding hydrogens is 412 g/mol. The summed E-state index contributed by atoms with van der Waals surface area (Å²) in [5.41, 5.74) is 1.85. The lowest BCUT2D eigenvalue weighted by Gasteiger charge is -2.26. The second kappa shape index (κ2) is 8.50. The molecular formula is C19H21ClN6O4. The molecule has 10 nitrogen and oxygen atoms in total. The Kier molecular flexibility index (Phi) is 5.80. The molecule has 0 saturated carbocycles. The summed E-state index contributed by atoms with van der Waals surface area (Å²) in [5, 5.41) is 14.9. The molecule has 2 aromatic rings. The molecule has 0 aliphatic carbocycles. The van der Waals surface area contributed by atoms with Crippen molar-refractivity contribution in [2.45, 2.75) is 25.6 Å². The van der Waals surface area contributed by atoms with Crippen LogP contribution in [0.1, 0.15) is 23.0 Å². The van der Waals surface area contributed by atoms with Crippen LogP contribution in [0.2, 0.25) is 5.02 Å². The lowest BCUT2D eigenvalue weighted by molar-refractivity contribution is -0.125. The first-order chi connectivity index (χ1) is 14.5. The zero-order valence-electron chi connectivity index (χ0n) is 16.3. The maximum Gasteiger partial charge on any atom is 0.273 e. The maximum absolute atomic E-state index is 12.9. The number of rotatable bonds is 7. The summed E-state index contributed by atoms with van der Waals surface area (Å²) in [6.07, 6.45) is 1.49. The number of hydrogen-bond donors (Lipinski definition) is 3. The van der Waals surface area contributed by atoms with Gasteiger partial charge in [-0.15, -0.1) is 0 Å². The van der Waals surface area contributed by atoms with E-state index in [1.165, 1.54) is 11.1 Å². The standard InChI is InChI=1S/C19H21ClN6O4/c1-10(17(28)21-4-5-27)26-7-11-2-3-14(24-15(11)18(26)29)16-13(20)6-22-19(25-16)23-12-8-30-9-12/h2-3,6,10,12,27H,4-5,7-9H2,1H3,(H,21,28)(H,22,23,25)/t10-/m1/s1. The molecule has 158 valence electrons. The normalized spacial score (nSPS) is 16.8. The van der Waals surface area contributed by atoms with Gasteiger partial charge in [0.25, 0.3) is 5.91 Å². The van der Waals surface area contributed by atoms with E-state index in [0.29, 0.717) is 35.6 Å². The van der Waals surface area contributed by atoms with Crippen LogP contribution in [0.5, 0.6) is 0 Å². The van der Waals surface area contributed by atoms with E-state index in [4.69, 9.17) is 21.4 Å². The molecule has 2 aliphatic rings. The van der Waals surface area contributed by atoms with Gasteiger partial charge >= 0.3 is 0 Å². The fourth-order valence-electron chi connectivity index (χ4n) is 3.22. The van der Waals surface area contributed by atoms with Gasteiger partial charge in [0.05, 0.1) is 42.8 Å². The zero-order valence-corrected chi connectivity index (χ0v) is 17.0. The number of carbonyl (C=O) groups is 2. The largest absolute Gasteiger partial charge is 0.395 e. The molecule has 2 aromatic heterocycles. The highest BCUT2D eigenvalue weighted by molar-refractivity contribution is 6.32. The molecule has 1 atom stereocenters. The molecule has 1 saturated heterocycles. The summed E-state index contributed by atoms with van der Waals surface area (Å²) in [6.45, 7) is 3.07.